The lowest BCUT2D eigenvalue weighted by atomic mass is 10.1. The lowest BCUT2D eigenvalue weighted by Crippen LogP contribution is -2.19. The van der Waals surface area contributed by atoms with E-state index in [9.17, 15) is 4.79 Å². The smallest absolute Gasteiger partial charge is 0.324 e. The summed E-state index contributed by atoms with van der Waals surface area (Å²) in [6, 6.07) is 22.6. The van der Waals surface area contributed by atoms with E-state index in [0.29, 0.717) is 23.9 Å². The van der Waals surface area contributed by atoms with Gasteiger partial charge in [0, 0.05) is 11.1 Å². The molecule has 0 aliphatic rings. The number of anilines is 2. The van der Waals surface area contributed by atoms with Gasteiger partial charge in [-0.15, -0.1) is 0 Å². The Morgan fingerprint density at radius 1 is 1.00 bits per heavy atom. The standard InChI is InChI=1S/C22H20N4O2/c1-15-7-5-6-8-16(15)14-28-18-11-12-20-19(13-18)21(26-25-20)24-22(27)23-17-9-3-2-4-10-17/h2-13H,14H2,1H3,(H3,23,24,25,26,27). The fourth-order valence-corrected chi connectivity index (χ4v) is 2.90. The van der Waals surface area contributed by atoms with E-state index in [1.807, 2.05) is 66.7 Å². The maximum absolute atomic E-state index is 12.2. The quantitative estimate of drug-likeness (QED) is 0.456. The van der Waals surface area contributed by atoms with Gasteiger partial charge in [-0.3, -0.25) is 10.4 Å². The van der Waals surface area contributed by atoms with Crippen LogP contribution >= 0.6 is 0 Å². The topological polar surface area (TPSA) is 79.0 Å². The molecule has 0 radical (unpaired) electrons. The van der Waals surface area contributed by atoms with Gasteiger partial charge in [-0.1, -0.05) is 42.5 Å². The number of carbonyl (C=O) groups excluding carboxylic acids is 1. The molecule has 4 rings (SSSR count). The number of amides is 2. The van der Waals surface area contributed by atoms with Gasteiger partial charge < -0.3 is 10.1 Å². The van der Waals surface area contributed by atoms with Gasteiger partial charge in [0.1, 0.15) is 12.4 Å². The first-order valence-electron chi connectivity index (χ1n) is 8.97. The largest absolute Gasteiger partial charge is 0.489 e. The molecule has 4 aromatic rings. The number of nitrogens with one attached hydrogen (secondary N) is 3. The van der Waals surface area contributed by atoms with Crippen molar-refractivity contribution in [3.05, 3.63) is 83.9 Å². The summed E-state index contributed by atoms with van der Waals surface area (Å²) in [6.07, 6.45) is 0. The molecule has 6 heteroatoms. The van der Waals surface area contributed by atoms with Crippen LogP contribution in [0.25, 0.3) is 10.9 Å². The van der Waals surface area contributed by atoms with Crippen LogP contribution in [-0.2, 0) is 6.61 Å². The number of H-pyrrole nitrogens is 1. The number of ether oxygens (including phenoxy) is 1. The predicted octanol–water partition coefficient (Wildman–Crippen LogP) is 5.09. The summed E-state index contributed by atoms with van der Waals surface area (Å²) in [4.78, 5) is 12.2. The number of nitrogens with zero attached hydrogens (tertiary/aromatic N) is 1. The number of hydrogen-bond donors (Lipinski definition) is 3. The van der Waals surface area contributed by atoms with E-state index in [-0.39, 0.29) is 6.03 Å². The second-order valence-corrected chi connectivity index (χ2v) is 6.44. The second kappa shape index (κ2) is 7.84. The summed E-state index contributed by atoms with van der Waals surface area (Å²) in [7, 11) is 0. The van der Waals surface area contributed by atoms with Crippen LogP contribution in [0, 0.1) is 6.92 Å². The molecule has 0 unspecified atom stereocenters. The number of fused-ring (bicyclic) bond motifs is 1. The molecule has 140 valence electrons. The van der Waals surface area contributed by atoms with Crippen LogP contribution in [0.4, 0.5) is 16.3 Å². The van der Waals surface area contributed by atoms with Gasteiger partial charge >= 0.3 is 6.03 Å². The predicted molar refractivity (Wildman–Crippen MR) is 111 cm³/mol. The summed E-state index contributed by atoms with van der Waals surface area (Å²) in [5, 5.41) is 13.5. The van der Waals surface area contributed by atoms with E-state index in [1.54, 1.807) is 0 Å². The van der Waals surface area contributed by atoms with E-state index in [4.69, 9.17) is 4.74 Å². The van der Waals surface area contributed by atoms with Gasteiger partial charge in [0.2, 0.25) is 0 Å². The van der Waals surface area contributed by atoms with Gasteiger partial charge in [-0.2, -0.15) is 5.10 Å². The number of aryl methyl sites for hydroxylation is 1. The van der Waals surface area contributed by atoms with Crippen LogP contribution < -0.4 is 15.4 Å². The van der Waals surface area contributed by atoms with Crippen molar-refractivity contribution in [3.8, 4) is 5.75 Å². The lowest BCUT2D eigenvalue weighted by Gasteiger charge is -2.09. The summed E-state index contributed by atoms with van der Waals surface area (Å²) in [6.45, 7) is 2.54. The highest BCUT2D eigenvalue weighted by atomic mass is 16.5. The fraction of sp³-hybridized carbons (Fsp3) is 0.0909. The Bertz CT molecular complexity index is 1110. The zero-order chi connectivity index (χ0) is 19.3. The van der Waals surface area contributed by atoms with Crippen LogP contribution in [0.3, 0.4) is 0 Å². The lowest BCUT2D eigenvalue weighted by molar-refractivity contribution is 0.262. The molecular formula is C22H20N4O2. The van der Waals surface area contributed by atoms with E-state index in [0.717, 1.165) is 16.5 Å². The number of aromatic amines is 1. The minimum absolute atomic E-state index is 0.356. The summed E-state index contributed by atoms with van der Waals surface area (Å²) >= 11 is 0. The molecule has 6 nitrogen and oxygen atoms in total. The molecule has 0 bridgehead atoms. The highest BCUT2D eigenvalue weighted by molar-refractivity contribution is 6.04. The fourth-order valence-electron chi connectivity index (χ4n) is 2.90. The third-order valence-electron chi connectivity index (χ3n) is 4.45. The minimum Gasteiger partial charge on any atom is -0.489 e. The monoisotopic (exact) mass is 372 g/mol. The number of hydrogen-bond acceptors (Lipinski definition) is 3. The Morgan fingerprint density at radius 3 is 2.61 bits per heavy atom. The van der Waals surface area contributed by atoms with Gasteiger partial charge in [-0.25, -0.2) is 4.79 Å². The second-order valence-electron chi connectivity index (χ2n) is 6.44. The Kier molecular flexibility index (Phi) is 4.93. The molecule has 1 aromatic heterocycles. The van der Waals surface area contributed by atoms with Crippen molar-refractivity contribution in [2.75, 3.05) is 10.6 Å². The first-order valence-corrected chi connectivity index (χ1v) is 8.97. The zero-order valence-electron chi connectivity index (χ0n) is 15.4. The van der Waals surface area contributed by atoms with Gasteiger partial charge in [0.15, 0.2) is 5.82 Å². The molecule has 0 saturated carbocycles. The van der Waals surface area contributed by atoms with Crippen molar-refractivity contribution >= 4 is 28.4 Å². The van der Waals surface area contributed by atoms with Crippen LogP contribution in [0.5, 0.6) is 5.75 Å². The molecule has 0 aliphatic heterocycles. The Balaban J connectivity index is 1.48. The van der Waals surface area contributed by atoms with Crippen molar-refractivity contribution in [3.63, 3.8) is 0 Å². The SMILES string of the molecule is Cc1ccccc1COc1ccc2[nH]nc(NC(=O)Nc3ccccc3)c2c1. The number of rotatable bonds is 5. The molecular weight excluding hydrogens is 352 g/mol. The Hall–Kier alpha value is -3.80. The number of aromatic nitrogens is 2. The molecule has 0 saturated heterocycles. The van der Waals surface area contributed by atoms with Crippen LogP contribution in [0.15, 0.2) is 72.8 Å². The Labute approximate surface area is 162 Å². The molecule has 3 N–H and O–H groups in total. The molecule has 2 amide bonds. The maximum Gasteiger partial charge on any atom is 0.324 e. The first kappa shape index (κ1) is 17.6. The summed E-state index contributed by atoms with van der Waals surface area (Å²) in [5.74, 6) is 1.16. The minimum atomic E-state index is -0.356. The third kappa shape index (κ3) is 3.96. The van der Waals surface area contributed by atoms with Crippen molar-refractivity contribution in [2.45, 2.75) is 13.5 Å². The summed E-state index contributed by atoms with van der Waals surface area (Å²) in [5.41, 5.74) is 3.85. The molecule has 0 aliphatic carbocycles. The van der Waals surface area contributed by atoms with E-state index < -0.39 is 0 Å². The average Bonchev–Trinajstić information content (AvgIpc) is 3.10. The maximum atomic E-state index is 12.2. The molecule has 3 aromatic carbocycles. The van der Waals surface area contributed by atoms with Gasteiger partial charge in [0.05, 0.1) is 5.52 Å². The molecule has 0 atom stereocenters. The first-order chi connectivity index (χ1) is 13.7. The summed E-state index contributed by atoms with van der Waals surface area (Å²) < 4.78 is 5.94. The van der Waals surface area contributed by atoms with E-state index in [2.05, 4.69) is 33.8 Å². The van der Waals surface area contributed by atoms with E-state index >= 15 is 0 Å². The van der Waals surface area contributed by atoms with Crippen LogP contribution in [-0.4, -0.2) is 16.2 Å². The van der Waals surface area contributed by atoms with Crippen molar-refractivity contribution in [2.24, 2.45) is 0 Å². The average molecular weight is 372 g/mol. The van der Waals surface area contributed by atoms with Gasteiger partial charge in [-0.05, 0) is 48.4 Å². The van der Waals surface area contributed by atoms with Crippen molar-refractivity contribution in [1.29, 1.82) is 0 Å². The zero-order valence-corrected chi connectivity index (χ0v) is 15.4. The number of benzene rings is 3. The third-order valence-corrected chi connectivity index (χ3v) is 4.45. The molecule has 28 heavy (non-hydrogen) atoms. The molecule has 1 heterocycles. The Morgan fingerprint density at radius 2 is 1.79 bits per heavy atom. The highest BCUT2D eigenvalue weighted by Crippen LogP contribution is 2.26. The number of carbonyl (C=O) groups is 1. The van der Waals surface area contributed by atoms with Gasteiger partial charge in [0.25, 0.3) is 0 Å². The molecule has 0 spiro atoms. The molecule has 0 fully saturated rings. The van der Waals surface area contributed by atoms with E-state index in [1.165, 1.54) is 5.56 Å². The van der Waals surface area contributed by atoms with Crippen molar-refractivity contribution in [1.82, 2.24) is 10.2 Å². The highest BCUT2D eigenvalue weighted by Gasteiger charge is 2.11. The van der Waals surface area contributed by atoms with Crippen molar-refractivity contribution < 1.29 is 9.53 Å². The van der Waals surface area contributed by atoms with Crippen LogP contribution in [0.2, 0.25) is 0 Å². The number of urea groups is 1. The number of para-hydroxylation sites is 1. The van der Waals surface area contributed by atoms with Crippen LogP contribution in [0.1, 0.15) is 11.1 Å². The normalized spacial score (nSPS) is 10.6.